The van der Waals surface area contributed by atoms with Gasteiger partial charge < -0.3 is 14.4 Å². The maximum absolute atomic E-state index is 13.1. The van der Waals surface area contributed by atoms with Gasteiger partial charge in [-0.2, -0.15) is 0 Å². The van der Waals surface area contributed by atoms with E-state index < -0.39 is 11.0 Å². The van der Waals surface area contributed by atoms with Crippen LogP contribution >= 0.6 is 0 Å². The van der Waals surface area contributed by atoms with E-state index in [1.165, 1.54) is 11.1 Å². The lowest BCUT2D eigenvalue weighted by atomic mass is 9.76. The largest absolute Gasteiger partial charge is 0.465 e. The highest BCUT2D eigenvalue weighted by Gasteiger charge is 2.45. The Bertz CT molecular complexity index is 785. The van der Waals surface area contributed by atoms with Crippen LogP contribution in [0.4, 0.5) is 4.79 Å². The first-order valence-corrected chi connectivity index (χ1v) is 11.6. The van der Waals surface area contributed by atoms with Crippen LogP contribution in [-0.4, -0.2) is 60.2 Å². The molecule has 0 aromatic heterocycles. The lowest BCUT2D eigenvalue weighted by Crippen LogP contribution is -2.49. The molecule has 0 bridgehead atoms. The number of amides is 1. The summed E-state index contributed by atoms with van der Waals surface area (Å²) in [7, 11) is 0. The monoisotopic (exact) mass is 430 g/mol. The van der Waals surface area contributed by atoms with E-state index >= 15 is 0 Å². The summed E-state index contributed by atoms with van der Waals surface area (Å²) in [4.78, 5) is 29.6. The maximum atomic E-state index is 13.1. The molecule has 0 spiro atoms. The van der Waals surface area contributed by atoms with E-state index in [2.05, 4.69) is 30.0 Å². The van der Waals surface area contributed by atoms with Crippen LogP contribution in [0.3, 0.4) is 0 Å². The first-order valence-electron chi connectivity index (χ1n) is 11.6. The predicted octanol–water partition coefficient (Wildman–Crippen LogP) is 4.42. The molecule has 1 heterocycles. The number of piperazine rings is 1. The molecule has 1 aliphatic carbocycles. The van der Waals surface area contributed by atoms with Crippen LogP contribution in [-0.2, 0) is 26.2 Å². The molecule has 1 aromatic rings. The molecule has 0 unspecified atom stereocenters. The van der Waals surface area contributed by atoms with Gasteiger partial charge in [0.2, 0.25) is 0 Å². The Balaban J connectivity index is 1.74. The molecule has 1 amide bonds. The van der Waals surface area contributed by atoms with E-state index in [-0.39, 0.29) is 12.1 Å². The molecule has 6 heteroatoms. The lowest BCUT2D eigenvalue weighted by Gasteiger charge is -2.37. The van der Waals surface area contributed by atoms with Crippen LogP contribution in [0.2, 0.25) is 0 Å². The van der Waals surface area contributed by atoms with Crippen LogP contribution in [0.1, 0.15) is 70.1 Å². The second kappa shape index (κ2) is 9.60. The summed E-state index contributed by atoms with van der Waals surface area (Å²) in [5, 5.41) is 0. The van der Waals surface area contributed by atoms with Gasteiger partial charge in [-0.15, -0.1) is 0 Å². The summed E-state index contributed by atoms with van der Waals surface area (Å²) in [6.45, 7) is 13.7. The Morgan fingerprint density at radius 3 is 2.29 bits per heavy atom. The molecule has 0 radical (unpaired) electrons. The van der Waals surface area contributed by atoms with Crippen molar-refractivity contribution in [1.29, 1.82) is 0 Å². The fraction of sp³-hybridized carbons (Fsp3) is 0.680. The summed E-state index contributed by atoms with van der Waals surface area (Å²) >= 11 is 0. The standard InChI is InChI=1S/C25H38N2O4/c1-6-30-22(28)25(11-7-8-12-25)21-17-19(2)9-10-20(21)18-26-13-15-27(16-14-26)23(29)31-24(3,4)5/h9-10,17H,6-8,11-16,18H2,1-5H3. The predicted molar refractivity (Wildman–Crippen MR) is 121 cm³/mol. The van der Waals surface area contributed by atoms with Crippen LogP contribution in [0, 0.1) is 6.92 Å². The highest BCUT2D eigenvalue weighted by atomic mass is 16.6. The van der Waals surface area contributed by atoms with Crippen molar-refractivity contribution in [1.82, 2.24) is 9.80 Å². The molecule has 1 saturated heterocycles. The van der Waals surface area contributed by atoms with Gasteiger partial charge in [0.25, 0.3) is 0 Å². The number of rotatable bonds is 5. The fourth-order valence-corrected chi connectivity index (χ4v) is 4.76. The number of ether oxygens (including phenoxy) is 2. The van der Waals surface area contributed by atoms with E-state index in [1.807, 2.05) is 27.7 Å². The summed E-state index contributed by atoms with van der Waals surface area (Å²) < 4.78 is 11.0. The van der Waals surface area contributed by atoms with Gasteiger partial charge in [-0.3, -0.25) is 9.69 Å². The van der Waals surface area contributed by atoms with Crippen molar-refractivity contribution in [2.24, 2.45) is 0 Å². The van der Waals surface area contributed by atoms with E-state index in [1.54, 1.807) is 4.90 Å². The second-order valence-electron chi connectivity index (χ2n) is 9.91. The Labute approximate surface area is 186 Å². The third kappa shape index (κ3) is 5.59. The van der Waals surface area contributed by atoms with Crippen molar-refractivity contribution < 1.29 is 19.1 Å². The van der Waals surface area contributed by atoms with Crippen LogP contribution in [0.5, 0.6) is 0 Å². The SMILES string of the molecule is CCOC(=O)C1(c2cc(C)ccc2CN2CCN(C(=O)OC(C)(C)C)CC2)CCCC1. The van der Waals surface area contributed by atoms with E-state index in [9.17, 15) is 9.59 Å². The molecule has 1 aromatic carbocycles. The summed E-state index contributed by atoms with van der Waals surface area (Å²) in [6, 6.07) is 6.49. The molecule has 6 nitrogen and oxygen atoms in total. The summed E-state index contributed by atoms with van der Waals surface area (Å²) in [6.07, 6.45) is 3.58. The minimum absolute atomic E-state index is 0.0749. The third-order valence-corrected chi connectivity index (χ3v) is 6.32. The Morgan fingerprint density at radius 2 is 1.71 bits per heavy atom. The van der Waals surface area contributed by atoms with Gasteiger partial charge >= 0.3 is 12.1 Å². The van der Waals surface area contributed by atoms with E-state index in [0.717, 1.165) is 50.9 Å². The maximum Gasteiger partial charge on any atom is 0.410 e. The van der Waals surface area contributed by atoms with Gasteiger partial charge in [0.15, 0.2) is 0 Å². The molecule has 0 N–H and O–H groups in total. The normalized spacial score (nSPS) is 19.3. The van der Waals surface area contributed by atoms with Gasteiger partial charge in [-0.1, -0.05) is 36.6 Å². The first kappa shape index (κ1) is 23.6. The van der Waals surface area contributed by atoms with Gasteiger partial charge in [0.05, 0.1) is 12.0 Å². The number of benzene rings is 1. The fourth-order valence-electron chi connectivity index (χ4n) is 4.76. The molecule has 0 atom stereocenters. The minimum Gasteiger partial charge on any atom is -0.465 e. The Morgan fingerprint density at radius 1 is 1.06 bits per heavy atom. The quantitative estimate of drug-likeness (QED) is 0.647. The minimum atomic E-state index is -0.518. The molecule has 1 aliphatic heterocycles. The molecular formula is C25H38N2O4. The summed E-state index contributed by atoms with van der Waals surface area (Å²) in [5.41, 5.74) is 2.51. The molecule has 3 rings (SSSR count). The van der Waals surface area contributed by atoms with Crippen molar-refractivity contribution in [2.75, 3.05) is 32.8 Å². The van der Waals surface area contributed by atoms with Crippen LogP contribution in [0.25, 0.3) is 0 Å². The Kier molecular flexibility index (Phi) is 7.30. The number of carbonyl (C=O) groups is 2. The molecular weight excluding hydrogens is 392 g/mol. The summed E-state index contributed by atoms with van der Waals surface area (Å²) in [5.74, 6) is -0.0749. The van der Waals surface area contributed by atoms with Crippen molar-refractivity contribution in [3.63, 3.8) is 0 Å². The van der Waals surface area contributed by atoms with Gasteiger partial charge in [0.1, 0.15) is 5.60 Å². The van der Waals surface area contributed by atoms with Crippen molar-refractivity contribution in [3.05, 3.63) is 34.9 Å². The zero-order valence-electron chi connectivity index (χ0n) is 19.8. The van der Waals surface area contributed by atoms with E-state index in [4.69, 9.17) is 9.47 Å². The zero-order chi connectivity index (χ0) is 22.6. The van der Waals surface area contributed by atoms with Gasteiger partial charge in [-0.25, -0.2) is 4.79 Å². The van der Waals surface area contributed by atoms with Gasteiger partial charge in [0, 0.05) is 32.7 Å². The highest BCUT2D eigenvalue weighted by Crippen LogP contribution is 2.44. The molecule has 31 heavy (non-hydrogen) atoms. The zero-order valence-corrected chi connectivity index (χ0v) is 19.8. The number of esters is 1. The van der Waals surface area contributed by atoms with Crippen molar-refractivity contribution >= 4 is 12.1 Å². The van der Waals surface area contributed by atoms with Crippen molar-refractivity contribution in [3.8, 4) is 0 Å². The average Bonchev–Trinajstić information content (AvgIpc) is 3.20. The smallest absolute Gasteiger partial charge is 0.410 e. The Hall–Kier alpha value is -2.08. The average molecular weight is 431 g/mol. The molecule has 1 saturated carbocycles. The molecule has 2 fully saturated rings. The first-order chi connectivity index (χ1) is 14.6. The third-order valence-electron chi connectivity index (χ3n) is 6.32. The number of aryl methyl sites for hydroxylation is 1. The highest BCUT2D eigenvalue weighted by molar-refractivity contribution is 5.84. The van der Waals surface area contributed by atoms with Crippen molar-refractivity contribution in [2.45, 2.75) is 77.9 Å². The number of hydrogen-bond acceptors (Lipinski definition) is 5. The molecule has 172 valence electrons. The second-order valence-corrected chi connectivity index (χ2v) is 9.91. The molecule has 2 aliphatic rings. The van der Waals surface area contributed by atoms with Crippen LogP contribution in [0.15, 0.2) is 18.2 Å². The van der Waals surface area contributed by atoms with Gasteiger partial charge in [-0.05, 0) is 58.6 Å². The number of hydrogen-bond donors (Lipinski definition) is 0. The number of carbonyl (C=O) groups excluding carboxylic acids is 2. The van der Waals surface area contributed by atoms with E-state index in [0.29, 0.717) is 19.7 Å². The van der Waals surface area contributed by atoms with Crippen LogP contribution < -0.4 is 0 Å². The number of nitrogens with zero attached hydrogens (tertiary/aromatic N) is 2. The topological polar surface area (TPSA) is 59.1 Å². The lowest BCUT2D eigenvalue weighted by molar-refractivity contribution is -0.150.